The van der Waals surface area contributed by atoms with Crippen LogP contribution in [0.5, 0.6) is 0 Å². The van der Waals surface area contributed by atoms with E-state index in [1.165, 1.54) is 5.56 Å². The van der Waals surface area contributed by atoms with Gasteiger partial charge in [-0.3, -0.25) is 4.79 Å². The minimum atomic E-state index is -0.0448. The monoisotopic (exact) mass is 454 g/mol. The number of hydrogen-bond acceptors (Lipinski definition) is 3. The molecule has 1 atom stereocenters. The van der Waals surface area contributed by atoms with Gasteiger partial charge in [0.25, 0.3) is 0 Å². The standard InChI is InChI=1S/C25H31ClN4O2/c1-18(31)28(2)24-13-16-30(17-24)23-9-7-22(8-10-23)27-25(32)29-14-11-20(12-15-29)19-3-5-21(26)6-4-19/h3-10,20,24H,11-17H2,1-2H3,(H,27,32)/t24-/m0/s1. The average Bonchev–Trinajstić information content (AvgIpc) is 3.30. The summed E-state index contributed by atoms with van der Waals surface area (Å²) in [6, 6.07) is 16.2. The van der Waals surface area contributed by atoms with Crippen LogP contribution in [-0.4, -0.2) is 61.0 Å². The van der Waals surface area contributed by atoms with Crippen molar-refractivity contribution in [3.8, 4) is 0 Å². The van der Waals surface area contributed by atoms with Crippen molar-refractivity contribution in [2.24, 2.45) is 0 Å². The van der Waals surface area contributed by atoms with Gasteiger partial charge in [-0.25, -0.2) is 4.79 Å². The van der Waals surface area contributed by atoms with E-state index in [0.717, 1.165) is 61.8 Å². The maximum absolute atomic E-state index is 12.7. The number of rotatable bonds is 4. The third-order valence-electron chi connectivity index (χ3n) is 6.82. The Morgan fingerprint density at radius 2 is 1.62 bits per heavy atom. The number of piperidine rings is 1. The number of likely N-dealkylation sites (tertiary alicyclic amines) is 1. The van der Waals surface area contributed by atoms with Crippen LogP contribution in [-0.2, 0) is 4.79 Å². The summed E-state index contributed by atoms with van der Waals surface area (Å²) in [6.45, 7) is 4.87. The van der Waals surface area contributed by atoms with Crippen LogP contribution in [0.2, 0.25) is 5.02 Å². The number of urea groups is 1. The molecule has 2 aliphatic rings. The zero-order valence-corrected chi connectivity index (χ0v) is 19.5. The number of benzene rings is 2. The molecular formula is C25H31ClN4O2. The quantitative estimate of drug-likeness (QED) is 0.721. The molecule has 0 spiro atoms. The van der Waals surface area contributed by atoms with Crippen LogP contribution in [0.15, 0.2) is 48.5 Å². The Kier molecular flexibility index (Phi) is 6.89. The molecule has 2 heterocycles. The maximum Gasteiger partial charge on any atom is 0.321 e. The first-order chi connectivity index (χ1) is 15.4. The van der Waals surface area contributed by atoms with Crippen molar-refractivity contribution in [2.75, 3.05) is 43.4 Å². The summed E-state index contributed by atoms with van der Waals surface area (Å²) in [5, 5.41) is 3.79. The number of nitrogens with one attached hydrogen (secondary N) is 1. The Labute approximate surface area is 195 Å². The average molecular weight is 455 g/mol. The van der Waals surface area contributed by atoms with Crippen LogP contribution in [0, 0.1) is 0 Å². The number of hydrogen-bond donors (Lipinski definition) is 1. The van der Waals surface area contributed by atoms with Gasteiger partial charge in [-0.05, 0) is 67.1 Å². The second-order valence-corrected chi connectivity index (χ2v) is 9.24. The molecule has 7 heteroatoms. The first-order valence-electron chi connectivity index (χ1n) is 11.3. The maximum atomic E-state index is 12.7. The smallest absolute Gasteiger partial charge is 0.321 e. The number of halogens is 1. The van der Waals surface area contributed by atoms with Gasteiger partial charge in [0, 0.05) is 56.5 Å². The van der Waals surface area contributed by atoms with Gasteiger partial charge in [0.1, 0.15) is 0 Å². The van der Waals surface area contributed by atoms with Gasteiger partial charge in [0.2, 0.25) is 5.91 Å². The third-order valence-corrected chi connectivity index (χ3v) is 7.07. The molecule has 2 fully saturated rings. The molecule has 0 unspecified atom stereocenters. The number of amides is 3. The lowest BCUT2D eigenvalue weighted by atomic mass is 9.89. The highest BCUT2D eigenvalue weighted by Gasteiger charge is 2.27. The van der Waals surface area contributed by atoms with E-state index in [1.807, 2.05) is 53.2 Å². The minimum absolute atomic E-state index is 0.0448. The second kappa shape index (κ2) is 9.82. The van der Waals surface area contributed by atoms with Gasteiger partial charge < -0.3 is 20.0 Å². The third kappa shape index (κ3) is 5.18. The molecule has 6 nitrogen and oxygen atoms in total. The van der Waals surface area contributed by atoms with E-state index in [2.05, 4.69) is 22.3 Å². The van der Waals surface area contributed by atoms with E-state index in [-0.39, 0.29) is 18.0 Å². The zero-order chi connectivity index (χ0) is 22.7. The molecule has 2 saturated heterocycles. The number of carbonyl (C=O) groups is 2. The van der Waals surface area contributed by atoms with Crippen molar-refractivity contribution in [3.05, 3.63) is 59.1 Å². The van der Waals surface area contributed by atoms with Crippen molar-refractivity contribution in [2.45, 2.75) is 38.1 Å². The highest BCUT2D eigenvalue weighted by molar-refractivity contribution is 6.30. The van der Waals surface area contributed by atoms with Crippen molar-refractivity contribution < 1.29 is 9.59 Å². The Bertz CT molecular complexity index is 939. The lowest BCUT2D eigenvalue weighted by molar-refractivity contribution is -0.129. The second-order valence-electron chi connectivity index (χ2n) is 8.81. The summed E-state index contributed by atoms with van der Waals surface area (Å²) >= 11 is 5.99. The minimum Gasteiger partial charge on any atom is -0.369 e. The van der Waals surface area contributed by atoms with E-state index < -0.39 is 0 Å². The van der Waals surface area contributed by atoms with Gasteiger partial charge in [-0.15, -0.1) is 0 Å². The van der Waals surface area contributed by atoms with E-state index in [1.54, 1.807) is 6.92 Å². The van der Waals surface area contributed by atoms with Crippen LogP contribution in [0.4, 0.5) is 16.2 Å². The molecule has 0 aromatic heterocycles. The first kappa shape index (κ1) is 22.5. The molecule has 4 rings (SSSR count). The number of carbonyl (C=O) groups excluding carboxylic acids is 2. The molecule has 0 bridgehead atoms. The summed E-state index contributed by atoms with van der Waals surface area (Å²) in [7, 11) is 1.87. The molecular weight excluding hydrogens is 424 g/mol. The van der Waals surface area contributed by atoms with E-state index >= 15 is 0 Å². The molecule has 2 aromatic carbocycles. The topological polar surface area (TPSA) is 55.9 Å². The van der Waals surface area contributed by atoms with E-state index in [4.69, 9.17) is 11.6 Å². The number of nitrogens with zero attached hydrogens (tertiary/aromatic N) is 3. The molecule has 0 radical (unpaired) electrons. The summed E-state index contributed by atoms with van der Waals surface area (Å²) in [4.78, 5) is 30.3. The highest BCUT2D eigenvalue weighted by atomic mass is 35.5. The molecule has 32 heavy (non-hydrogen) atoms. The van der Waals surface area contributed by atoms with Gasteiger partial charge in [0.15, 0.2) is 0 Å². The molecule has 170 valence electrons. The lowest BCUT2D eigenvalue weighted by Gasteiger charge is -2.32. The number of anilines is 2. The highest BCUT2D eigenvalue weighted by Crippen LogP contribution is 2.29. The fourth-order valence-corrected chi connectivity index (χ4v) is 4.78. The number of likely N-dealkylation sites (N-methyl/N-ethyl adjacent to an activating group) is 1. The summed E-state index contributed by atoms with van der Waals surface area (Å²) in [6.07, 6.45) is 2.89. The molecule has 0 aliphatic carbocycles. The van der Waals surface area contributed by atoms with Crippen LogP contribution < -0.4 is 10.2 Å². The first-order valence-corrected chi connectivity index (χ1v) is 11.7. The van der Waals surface area contributed by atoms with Gasteiger partial charge >= 0.3 is 6.03 Å². The van der Waals surface area contributed by atoms with Gasteiger partial charge in [-0.1, -0.05) is 23.7 Å². The fourth-order valence-electron chi connectivity index (χ4n) is 4.66. The van der Waals surface area contributed by atoms with E-state index in [0.29, 0.717) is 5.92 Å². The molecule has 3 amide bonds. The Balaban J connectivity index is 1.27. The van der Waals surface area contributed by atoms with Crippen molar-refractivity contribution >= 4 is 34.9 Å². The Morgan fingerprint density at radius 3 is 2.25 bits per heavy atom. The van der Waals surface area contributed by atoms with Gasteiger partial charge in [-0.2, -0.15) is 0 Å². The molecule has 1 N–H and O–H groups in total. The molecule has 0 saturated carbocycles. The lowest BCUT2D eigenvalue weighted by Crippen LogP contribution is -2.40. The Hall–Kier alpha value is -2.73. The molecule has 2 aliphatic heterocycles. The summed E-state index contributed by atoms with van der Waals surface area (Å²) in [5.41, 5.74) is 3.21. The predicted molar refractivity (Wildman–Crippen MR) is 130 cm³/mol. The van der Waals surface area contributed by atoms with Crippen LogP contribution in [0.25, 0.3) is 0 Å². The molecule has 2 aromatic rings. The zero-order valence-electron chi connectivity index (χ0n) is 18.8. The van der Waals surface area contributed by atoms with Crippen molar-refractivity contribution in [1.82, 2.24) is 9.80 Å². The SMILES string of the molecule is CC(=O)N(C)[C@H]1CCN(c2ccc(NC(=O)N3CCC(c4ccc(Cl)cc4)CC3)cc2)C1. The normalized spacial score (nSPS) is 19.2. The van der Waals surface area contributed by atoms with Crippen LogP contribution in [0.3, 0.4) is 0 Å². The summed E-state index contributed by atoms with van der Waals surface area (Å²) in [5.74, 6) is 0.578. The fraction of sp³-hybridized carbons (Fsp3) is 0.440. The van der Waals surface area contributed by atoms with Crippen molar-refractivity contribution in [1.29, 1.82) is 0 Å². The van der Waals surface area contributed by atoms with Crippen LogP contribution in [0.1, 0.15) is 37.7 Å². The Morgan fingerprint density at radius 1 is 0.969 bits per heavy atom. The van der Waals surface area contributed by atoms with E-state index in [9.17, 15) is 9.59 Å². The predicted octanol–water partition coefficient (Wildman–Crippen LogP) is 4.81. The largest absolute Gasteiger partial charge is 0.369 e. The van der Waals surface area contributed by atoms with Gasteiger partial charge in [0.05, 0.1) is 6.04 Å². The van der Waals surface area contributed by atoms with Crippen LogP contribution >= 0.6 is 11.6 Å². The summed E-state index contributed by atoms with van der Waals surface area (Å²) < 4.78 is 0. The van der Waals surface area contributed by atoms with Crippen molar-refractivity contribution in [3.63, 3.8) is 0 Å².